The number of fused-ring (bicyclic) bond motifs is 1. The average molecular weight is 501 g/mol. The van der Waals surface area contributed by atoms with Crippen molar-refractivity contribution in [3.05, 3.63) is 41.5 Å². The zero-order chi connectivity index (χ0) is 24.3. The van der Waals surface area contributed by atoms with Gasteiger partial charge in [0.1, 0.15) is 5.75 Å². The van der Waals surface area contributed by atoms with Gasteiger partial charge in [0, 0.05) is 33.8 Å². The first kappa shape index (κ1) is 28.0. The highest BCUT2D eigenvalue weighted by molar-refractivity contribution is 7.53. The molecule has 0 aliphatic heterocycles. The molecule has 0 aliphatic carbocycles. The van der Waals surface area contributed by atoms with Gasteiger partial charge in [0.05, 0.1) is 18.9 Å². The highest BCUT2D eigenvalue weighted by Crippen LogP contribution is 2.54. The molecule has 7 nitrogen and oxygen atoms in total. The summed E-state index contributed by atoms with van der Waals surface area (Å²) in [6.45, 7) is 2.83. The first-order chi connectivity index (χ1) is 15.8. The predicted molar refractivity (Wildman–Crippen MR) is 133 cm³/mol. The summed E-state index contributed by atoms with van der Waals surface area (Å²) in [5.74, 6) is 0.735. The minimum atomic E-state index is -3.32. The van der Waals surface area contributed by atoms with E-state index in [0.29, 0.717) is 6.61 Å². The highest BCUT2D eigenvalue weighted by atomic mass is 31.2. The molecule has 2 aromatic carbocycles. The van der Waals surface area contributed by atoms with Gasteiger partial charge >= 0.3 is 15.2 Å². The van der Waals surface area contributed by atoms with E-state index in [0.717, 1.165) is 40.5 Å². The Labute approximate surface area is 198 Å². The van der Waals surface area contributed by atoms with Crippen LogP contribution in [0.3, 0.4) is 0 Å². The standard InChI is InChI=1S/C24H38O7P2/c1-6-7-8-9-10-11-17-31-23-16-15-21(19-33(26,29-4)30-5)24-20(13-12-14-22(23)24)18-32(25,27-2)28-3/h12-16H,6-11,17-19H2,1-5H3. The fourth-order valence-corrected chi connectivity index (χ4v) is 5.99. The number of unbranched alkanes of at least 4 members (excludes halogenated alkanes) is 5. The third kappa shape index (κ3) is 7.92. The Hall–Kier alpha value is -1.20. The Morgan fingerprint density at radius 1 is 0.697 bits per heavy atom. The van der Waals surface area contributed by atoms with Gasteiger partial charge in [-0.3, -0.25) is 9.13 Å². The van der Waals surface area contributed by atoms with Crippen molar-refractivity contribution >= 4 is 26.0 Å². The van der Waals surface area contributed by atoms with Crippen LogP contribution in [0.5, 0.6) is 5.75 Å². The minimum absolute atomic E-state index is 0.0789. The maximum absolute atomic E-state index is 12.9. The van der Waals surface area contributed by atoms with E-state index in [9.17, 15) is 9.13 Å². The van der Waals surface area contributed by atoms with E-state index in [4.69, 9.17) is 22.8 Å². The lowest BCUT2D eigenvalue weighted by molar-refractivity contribution is 0.274. The Kier molecular flexibility index (Phi) is 11.6. The van der Waals surface area contributed by atoms with Gasteiger partial charge in [-0.15, -0.1) is 0 Å². The monoisotopic (exact) mass is 500 g/mol. The third-order valence-corrected chi connectivity index (χ3v) is 9.45. The van der Waals surface area contributed by atoms with E-state index < -0.39 is 15.2 Å². The summed E-state index contributed by atoms with van der Waals surface area (Å²) in [5, 5.41) is 1.66. The van der Waals surface area contributed by atoms with E-state index in [-0.39, 0.29) is 12.3 Å². The van der Waals surface area contributed by atoms with E-state index in [1.165, 1.54) is 54.1 Å². The minimum Gasteiger partial charge on any atom is -0.493 e. The second-order valence-corrected chi connectivity index (χ2v) is 12.5. The molecule has 186 valence electrons. The predicted octanol–water partition coefficient (Wildman–Crippen LogP) is 7.55. The molecule has 0 radical (unpaired) electrons. The fourth-order valence-electron chi connectivity index (χ4n) is 3.81. The molecule has 0 N–H and O–H groups in total. The number of benzene rings is 2. The van der Waals surface area contributed by atoms with Gasteiger partial charge in [-0.1, -0.05) is 63.3 Å². The van der Waals surface area contributed by atoms with Crippen LogP contribution in [-0.4, -0.2) is 35.0 Å². The number of rotatable bonds is 16. The summed E-state index contributed by atoms with van der Waals surface area (Å²) in [7, 11) is -1.16. The summed E-state index contributed by atoms with van der Waals surface area (Å²) in [6, 6.07) is 9.48. The molecule has 0 saturated carbocycles. The number of hydrogen-bond acceptors (Lipinski definition) is 7. The lowest BCUT2D eigenvalue weighted by Gasteiger charge is -2.20. The fraction of sp³-hybridized carbons (Fsp3) is 0.583. The van der Waals surface area contributed by atoms with E-state index >= 15 is 0 Å². The number of hydrogen-bond donors (Lipinski definition) is 0. The topological polar surface area (TPSA) is 80.3 Å². The quantitative estimate of drug-likeness (QED) is 0.174. The van der Waals surface area contributed by atoms with Gasteiger partial charge in [0.2, 0.25) is 0 Å². The Balaban J connectivity index is 2.39. The van der Waals surface area contributed by atoms with E-state index in [2.05, 4.69) is 6.92 Å². The van der Waals surface area contributed by atoms with Crippen molar-refractivity contribution < 1.29 is 32.0 Å². The molecule has 0 aromatic heterocycles. The molecule has 0 unspecified atom stereocenters. The van der Waals surface area contributed by atoms with Gasteiger partial charge in [0.15, 0.2) is 0 Å². The van der Waals surface area contributed by atoms with Crippen molar-refractivity contribution in [3.63, 3.8) is 0 Å². The van der Waals surface area contributed by atoms with E-state index in [1.54, 1.807) is 0 Å². The lowest BCUT2D eigenvalue weighted by atomic mass is 10.00. The van der Waals surface area contributed by atoms with Gasteiger partial charge in [-0.25, -0.2) is 0 Å². The van der Waals surface area contributed by atoms with Gasteiger partial charge in [-0.05, 0) is 29.0 Å². The molecule has 0 heterocycles. The Morgan fingerprint density at radius 2 is 1.24 bits per heavy atom. The molecule has 0 aliphatic rings. The molecule has 0 spiro atoms. The van der Waals surface area contributed by atoms with Crippen molar-refractivity contribution in [1.29, 1.82) is 0 Å². The summed E-state index contributed by atoms with van der Waals surface area (Å²) in [6.07, 6.45) is 7.26. The third-order valence-electron chi connectivity index (χ3n) is 5.77. The van der Waals surface area contributed by atoms with Crippen molar-refractivity contribution in [2.24, 2.45) is 0 Å². The van der Waals surface area contributed by atoms with Crippen molar-refractivity contribution in [2.45, 2.75) is 57.8 Å². The maximum atomic E-state index is 12.9. The largest absolute Gasteiger partial charge is 0.493 e. The van der Waals surface area contributed by atoms with Crippen LogP contribution in [0, 0.1) is 0 Å². The number of ether oxygens (including phenoxy) is 1. The van der Waals surface area contributed by atoms with Crippen LogP contribution in [0.4, 0.5) is 0 Å². The zero-order valence-corrected chi connectivity index (χ0v) is 22.3. The normalized spacial score (nSPS) is 12.4. The maximum Gasteiger partial charge on any atom is 0.334 e. The molecule has 2 aromatic rings. The van der Waals surface area contributed by atoms with Crippen LogP contribution < -0.4 is 4.74 Å². The molecule has 0 amide bonds. The van der Waals surface area contributed by atoms with E-state index in [1.807, 2.05) is 30.3 Å². The molecular weight excluding hydrogens is 462 g/mol. The van der Waals surface area contributed by atoms with Crippen molar-refractivity contribution in [1.82, 2.24) is 0 Å². The molecule has 0 atom stereocenters. The Morgan fingerprint density at radius 3 is 1.82 bits per heavy atom. The SMILES string of the molecule is CCCCCCCCOc1ccc(CP(=O)(OC)OC)c2c(CP(=O)(OC)OC)cccc12. The Bertz CT molecular complexity index is 926. The molecule has 2 rings (SSSR count). The van der Waals surface area contributed by atoms with Crippen molar-refractivity contribution in [3.8, 4) is 5.75 Å². The molecule has 0 fully saturated rings. The first-order valence-electron chi connectivity index (χ1n) is 11.4. The zero-order valence-electron chi connectivity index (χ0n) is 20.5. The van der Waals surface area contributed by atoms with Crippen LogP contribution >= 0.6 is 15.2 Å². The molecule has 0 saturated heterocycles. The van der Waals surface area contributed by atoms with Crippen LogP contribution in [0.25, 0.3) is 10.8 Å². The summed E-state index contributed by atoms with van der Waals surface area (Å²) in [5.41, 5.74) is 1.52. The smallest absolute Gasteiger partial charge is 0.334 e. The van der Waals surface area contributed by atoms with Crippen molar-refractivity contribution in [2.75, 3.05) is 35.0 Å². The van der Waals surface area contributed by atoms with Crippen LogP contribution in [0.2, 0.25) is 0 Å². The second kappa shape index (κ2) is 13.6. The molecular formula is C24H38O7P2. The summed E-state index contributed by atoms with van der Waals surface area (Å²) >= 11 is 0. The summed E-state index contributed by atoms with van der Waals surface area (Å²) in [4.78, 5) is 0. The van der Waals surface area contributed by atoms with Crippen LogP contribution in [-0.2, 0) is 39.5 Å². The van der Waals surface area contributed by atoms with Gasteiger partial charge in [0.25, 0.3) is 0 Å². The molecule has 33 heavy (non-hydrogen) atoms. The lowest BCUT2D eigenvalue weighted by Crippen LogP contribution is -2.02. The van der Waals surface area contributed by atoms with Gasteiger partial charge in [-0.2, -0.15) is 0 Å². The van der Waals surface area contributed by atoms with Gasteiger partial charge < -0.3 is 22.8 Å². The highest BCUT2D eigenvalue weighted by Gasteiger charge is 2.27. The molecule has 0 bridgehead atoms. The van der Waals surface area contributed by atoms with Crippen LogP contribution in [0.1, 0.15) is 56.6 Å². The molecule has 9 heteroatoms. The second-order valence-electron chi connectivity index (χ2n) is 7.95. The first-order valence-corrected chi connectivity index (χ1v) is 14.9. The summed E-state index contributed by atoms with van der Waals surface area (Å²) < 4.78 is 52.6. The van der Waals surface area contributed by atoms with Crippen LogP contribution in [0.15, 0.2) is 30.3 Å². The average Bonchev–Trinajstić information content (AvgIpc) is 2.84.